The van der Waals surface area contributed by atoms with Gasteiger partial charge in [-0.3, -0.25) is 14.9 Å². The van der Waals surface area contributed by atoms with Crippen LogP contribution in [0.2, 0.25) is 0 Å². The summed E-state index contributed by atoms with van der Waals surface area (Å²) in [4.78, 5) is 21.5. The fourth-order valence-corrected chi connectivity index (χ4v) is 1.24. The molecule has 3 N–H and O–H groups in total. The van der Waals surface area contributed by atoms with Gasteiger partial charge in [0.15, 0.2) is 0 Å². The number of nitrogens with two attached hydrogens (primary N) is 1. The lowest BCUT2D eigenvalue weighted by atomic mass is 10.0. The van der Waals surface area contributed by atoms with E-state index in [2.05, 4.69) is 5.32 Å². The molecule has 0 bridgehead atoms. The van der Waals surface area contributed by atoms with E-state index in [1.165, 1.54) is 0 Å². The maximum absolute atomic E-state index is 13.4. The molecule has 6 nitrogen and oxygen atoms in total. The van der Waals surface area contributed by atoms with Crippen LogP contribution in [0.1, 0.15) is 13.8 Å². The number of nitro groups is 1. The van der Waals surface area contributed by atoms with Gasteiger partial charge in [0.1, 0.15) is 5.82 Å². The number of benzene rings is 1. The first kappa shape index (κ1) is 14.0. The summed E-state index contributed by atoms with van der Waals surface area (Å²) in [5, 5.41) is 12.8. The highest BCUT2D eigenvalue weighted by molar-refractivity contribution is 5.95. The number of amides is 1. The van der Waals surface area contributed by atoms with Crippen molar-refractivity contribution in [1.82, 2.24) is 0 Å². The topological polar surface area (TPSA) is 98.3 Å². The molecule has 1 atom stereocenters. The Morgan fingerprint density at radius 2 is 2.11 bits per heavy atom. The molecule has 0 spiro atoms. The van der Waals surface area contributed by atoms with Crippen molar-refractivity contribution in [3.63, 3.8) is 0 Å². The molecule has 0 aromatic heterocycles. The van der Waals surface area contributed by atoms with Crippen LogP contribution in [-0.2, 0) is 4.79 Å². The monoisotopic (exact) mass is 255 g/mol. The van der Waals surface area contributed by atoms with Crippen molar-refractivity contribution in [2.75, 3.05) is 5.32 Å². The van der Waals surface area contributed by atoms with Crippen LogP contribution in [0.3, 0.4) is 0 Å². The Morgan fingerprint density at radius 3 is 2.61 bits per heavy atom. The van der Waals surface area contributed by atoms with E-state index < -0.39 is 22.7 Å². The van der Waals surface area contributed by atoms with E-state index in [0.717, 1.165) is 18.2 Å². The number of hydrogen-bond donors (Lipinski definition) is 2. The van der Waals surface area contributed by atoms with Gasteiger partial charge in [0.25, 0.3) is 5.69 Å². The van der Waals surface area contributed by atoms with Gasteiger partial charge in [0.05, 0.1) is 16.7 Å². The molecule has 1 aromatic rings. The summed E-state index contributed by atoms with van der Waals surface area (Å²) in [7, 11) is 0. The minimum Gasteiger partial charge on any atom is -0.322 e. The first-order valence-corrected chi connectivity index (χ1v) is 5.33. The van der Waals surface area contributed by atoms with E-state index in [9.17, 15) is 19.3 Å². The van der Waals surface area contributed by atoms with Gasteiger partial charge in [-0.1, -0.05) is 13.8 Å². The number of nitrogens with zero attached hydrogens (tertiary/aromatic N) is 1. The van der Waals surface area contributed by atoms with Gasteiger partial charge in [-0.25, -0.2) is 4.39 Å². The van der Waals surface area contributed by atoms with Crippen LogP contribution in [0.15, 0.2) is 18.2 Å². The number of halogens is 1. The predicted octanol–water partition coefficient (Wildman–Crippen LogP) is 1.66. The van der Waals surface area contributed by atoms with Gasteiger partial charge < -0.3 is 11.1 Å². The average Bonchev–Trinajstić information content (AvgIpc) is 2.30. The molecule has 0 heterocycles. The predicted molar refractivity (Wildman–Crippen MR) is 64.5 cm³/mol. The highest BCUT2D eigenvalue weighted by Crippen LogP contribution is 2.21. The highest BCUT2D eigenvalue weighted by Gasteiger charge is 2.19. The molecule has 0 radical (unpaired) electrons. The van der Waals surface area contributed by atoms with Crippen LogP contribution in [0.25, 0.3) is 0 Å². The Kier molecular flexibility index (Phi) is 4.33. The number of carbonyl (C=O) groups excluding carboxylic acids is 1. The van der Waals surface area contributed by atoms with E-state index in [-0.39, 0.29) is 17.3 Å². The zero-order valence-electron chi connectivity index (χ0n) is 10.0. The molecular weight excluding hydrogens is 241 g/mol. The smallest absolute Gasteiger partial charge is 0.271 e. The lowest BCUT2D eigenvalue weighted by Crippen LogP contribution is -2.39. The number of hydrogen-bond acceptors (Lipinski definition) is 4. The van der Waals surface area contributed by atoms with Gasteiger partial charge in [-0.2, -0.15) is 0 Å². The molecule has 1 amide bonds. The first-order valence-electron chi connectivity index (χ1n) is 5.33. The molecule has 0 aliphatic rings. The van der Waals surface area contributed by atoms with Crippen molar-refractivity contribution < 1.29 is 14.1 Å². The summed E-state index contributed by atoms with van der Waals surface area (Å²) in [6.07, 6.45) is 0. The normalized spacial score (nSPS) is 12.3. The average molecular weight is 255 g/mol. The molecule has 18 heavy (non-hydrogen) atoms. The standard InChI is InChI=1S/C11H14FN3O3/c1-6(2)10(13)11(16)14-9-5-7(15(17)18)3-4-8(9)12/h3-6,10H,13H2,1-2H3,(H,14,16)/t10-/m1/s1. The molecule has 0 unspecified atom stereocenters. The number of non-ortho nitro benzene ring substituents is 1. The fourth-order valence-electron chi connectivity index (χ4n) is 1.24. The summed E-state index contributed by atoms with van der Waals surface area (Å²) in [6.45, 7) is 3.49. The van der Waals surface area contributed by atoms with Gasteiger partial charge >= 0.3 is 0 Å². The number of rotatable bonds is 4. The molecule has 98 valence electrons. The second-order valence-corrected chi connectivity index (χ2v) is 4.18. The van der Waals surface area contributed by atoms with Gasteiger partial charge in [-0.05, 0) is 12.0 Å². The molecule has 1 aromatic carbocycles. The maximum Gasteiger partial charge on any atom is 0.271 e. The van der Waals surface area contributed by atoms with Crippen molar-refractivity contribution in [2.24, 2.45) is 11.7 Å². The molecule has 0 aliphatic heterocycles. The first-order chi connectivity index (χ1) is 8.32. The third-order valence-corrected chi connectivity index (χ3v) is 2.44. The maximum atomic E-state index is 13.4. The summed E-state index contributed by atoms with van der Waals surface area (Å²) >= 11 is 0. The molecule has 7 heteroatoms. The van der Waals surface area contributed by atoms with Gasteiger partial charge in [0, 0.05) is 12.1 Å². The second-order valence-electron chi connectivity index (χ2n) is 4.18. The fraction of sp³-hybridized carbons (Fsp3) is 0.364. The van der Waals surface area contributed by atoms with Gasteiger partial charge in [-0.15, -0.1) is 0 Å². The SMILES string of the molecule is CC(C)[C@@H](N)C(=O)Nc1cc([N+](=O)[O-])ccc1F. The minimum atomic E-state index is -0.802. The van der Waals surface area contributed by atoms with Crippen LogP contribution < -0.4 is 11.1 Å². The van der Waals surface area contributed by atoms with Crippen molar-refractivity contribution in [3.8, 4) is 0 Å². The Hall–Kier alpha value is -2.02. The van der Waals surface area contributed by atoms with Crippen LogP contribution in [0.5, 0.6) is 0 Å². The number of carbonyl (C=O) groups is 1. The second kappa shape index (κ2) is 5.54. The third-order valence-electron chi connectivity index (χ3n) is 2.44. The van der Waals surface area contributed by atoms with Gasteiger partial charge in [0.2, 0.25) is 5.91 Å². The number of anilines is 1. The number of nitrogens with one attached hydrogen (secondary N) is 1. The van der Waals surface area contributed by atoms with Crippen LogP contribution in [-0.4, -0.2) is 16.9 Å². The Balaban J connectivity index is 2.93. The van der Waals surface area contributed by atoms with E-state index in [4.69, 9.17) is 5.73 Å². The van der Waals surface area contributed by atoms with E-state index in [0.29, 0.717) is 0 Å². The Bertz CT molecular complexity index is 477. The molecule has 0 fully saturated rings. The molecular formula is C11H14FN3O3. The summed E-state index contributed by atoms with van der Waals surface area (Å²) in [6, 6.07) is 2.10. The van der Waals surface area contributed by atoms with E-state index in [1.807, 2.05) is 0 Å². The van der Waals surface area contributed by atoms with Crippen LogP contribution >= 0.6 is 0 Å². The minimum absolute atomic E-state index is 0.119. The zero-order valence-corrected chi connectivity index (χ0v) is 10.0. The molecule has 0 saturated heterocycles. The molecule has 0 aliphatic carbocycles. The van der Waals surface area contributed by atoms with Crippen molar-refractivity contribution >= 4 is 17.3 Å². The molecule has 1 rings (SSSR count). The van der Waals surface area contributed by atoms with Crippen LogP contribution in [0.4, 0.5) is 15.8 Å². The Labute approximate surface area is 103 Å². The zero-order chi connectivity index (χ0) is 13.9. The van der Waals surface area contributed by atoms with Crippen molar-refractivity contribution in [3.05, 3.63) is 34.1 Å². The Morgan fingerprint density at radius 1 is 1.50 bits per heavy atom. The number of nitro benzene ring substituents is 1. The van der Waals surface area contributed by atoms with Crippen LogP contribution in [0, 0.1) is 21.8 Å². The third kappa shape index (κ3) is 3.24. The quantitative estimate of drug-likeness (QED) is 0.631. The molecule has 0 saturated carbocycles. The summed E-state index contributed by atoms with van der Waals surface area (Å²) in [5.41, 5.74) is 5.04. The lowest BCUT2D eigenvalue weighted by molar-refractivity contribution is -0.384. The van der Waals surface area contributed by atoms with E-state index in [1.54, 1.807) is 13.8 Å². The van der Waals surface area contributed by atoms with Crippen molar-refractivity contribution in [1.29, 1.82) is 0 Å². The summed E-state index contributed by atoms with van der Waals surface area (Å²) in [5.74, 6) is -1.44. The highest BCUT2D eigenvalue weighted by atomic mass is 19.1. The summed E-state index contributed by atoms with van der Waals surface area (Å²) < 4.78 is 13.4. The van der Waals surface area contributed by atoms with Crippen molar-refractivity contribution in [2.45, 2.75) is 19.9 Å². The largest absolute Gasteiger partial charge is 0.322 e. The van der Waals surface area contributed by atoms with E-state index >= 15 is 0 Å². The lowest BCUT2D eigenvalue weighted by Gasteiger charge is -2.15.